The van der Waals surface area contributed by atoms with Gasteiger partial charge < -0.3 is 30.9 Å². The Kier molecular flexibility index (Phi) is 19.0. The molecule has 152 valence electrons. The maximum absolute atomic E-state index is 11.6. The first-order chi connectivity index (χ1) is 11.6. The standard InChI is InChI=1S/C18H34O6.H3N.Na.H/c1-2-3-4-5-6-7-8-9-10-11-16(21)23-13-15(20)18-17(22)14(19)12-24-18;;;/h14-15,17-20,22H,2-13H2,1H3;1H3;;/t14-,15+,17+,18+;;;/m0.../s1. The van der Waals surface area contributed by atoms with Crippen LogP contribution in [0.2, 0.25) is 0 Å². The van der Waals surface area contributed by atoms with Crippen LogP contribution in [0, 0.1) is 0 Å². The maximum atomic E-state index is 11.6. The van der Waals surface area contributed by atoms with Crippen LogP contribution < -0.4 is 6.15 Å². The average Bonchev–Trinajstić information content (AvgIpc) is 2.90. The molecule has 7 nitrogen and oxygen atoms in total. The molecule has 0 radical (unpaired) electrons. The van der Waals surface area contributed by atoms with Crippen LogP contribution in [0.25, 0.3) is 0 Å². The van der Waals surface area contributed by atoms with E-state index in [-0.39, 0.29) is 54.9 Å². The SMILES string of the molecule is CCCCCCCCCCCC(=O)OC[C@@H](O)[C@H]1OC[C@H](O)[C@H]1O.N.[NaH]. The van der Waals surface area contributed by atoms with E-state index in [9.17, 15) is 20.1 Å². The van der Waals surface area contributed by atoms with Gasteiger partial charge in [-0.15, -0.1) is 0 Å². The van der Waals surface area contributed by atoms with Crippen LogP contribution in [-0.2, 0) is 14.3 Å². The number of rotatable bonds is 13. The number of aliphatic hydroxyl groups is 3. The van der Waals surface area contributed by atoms with Crippen molar-refractivity contribution < 1.29 is 29.6 Å². The average molecular weight is 387 g/mol. The van der Waals surface area contributed by atoms with E-state index in [2.05, 4.69) is 6.92 Å². The second-order valence-corrected chi connectivity index (χ2v) is 6.68. The molecular formula is C18H38NNaO6. The van der Waals surface area contributed by atoms with E-state index in [1.54, 1.807) is 0 Å². The second-order valence-electron chi connectivity index (χ2n) is 6.68. The van der Waals surface area contributed by atoms with E-state index in [1.807, 2.05) is 0 Å². The molecule has 4 atom stereocenters. The summed E-state index contributed by atoms with van der Waals surface area (Å²) in [6.45, 7) is 1.98. The molecule has 0 aliphatic carbocycles. The third-order valence-corrected chi connectivity index (χ3v) is 4.47. The van der Waals surface area contributed by atoms with Crippen molar-refractivity contribution in [3.05, 3.63) is 0 Å². The molecule has 0 aromatic rings. The van der Waals surface area contributed by atoms with Gasteiger partial charge in [0, 0.05) is 6.42 Å². The fraction of sp³-hybridized carbons (Fsp3) is 0.944. The van der Waals surface area contributed by atoms with Crippen LogP contribution >= 0.6 is 0 Å². The number of carbonyl (C=O) groups is 1. The molecule has 0 saturated carbocycles. The summed E-state index contributed by atoms with van der Waals surface area (Å²) in [6.07, 6.45) is 6.84. The Hall–Kier alpha value is 0.270. The van der Waals surface area contributed by atoms with Crippen molar-refractivity contribution in [1.82, 2.24) is 6.15 Å². The Morgan fingerprint density at radius 3 is 2.12 bits per heavy atom. The third kappa shape index (κ3) is 11.9. The van der Waals surface area contributed by atoms with Crippen molar-refractivity contribution in [2.45, 2.75) is 95.5 Å². The zero-order valence-corrected chi connectivity index (χ0v) is 15.6. The monoisotopic (exact) mass is 387 g/mol. The van der Waals surface area contributed by atoms with Crippen molar-refractivity contribution in [3.8, 4) is 0 Å². The van der Waals surface area contributed by atoms with Crippen LogP contribution in [0.15, 0.2) is 0 Å². The molecular weight excluding hydrogens is 349 g/mol. The Morgan fingerprint density at radius 1 is 1.08 bits per heavy atom. The van der Waals surface area contributed by atoms with Gasteiger partial charge in [0.2, 0.25) is 0 Å². The van der Waals surface area contributed by atoms with Gasteiger partial charge in [-0.05, 0) is 6.42 Å². The molecule has 1 heterocycles. The summed E-state index contributed by atoms with van der Waals surface area (Å²) in [5.74, 6) is -0.343. The molecule has 1 aliphatic rings. The number of hydrogen-bond donors (Lipinski definition) is 4. The second kappa shape index (κ2) is 17.4. The Balaban J connectivity index is 0. The fourth-order valence-corrected chi connectivity index (χ4v) is 2.89. The van der Waals surface area contributed by atoms with E-state index in [4.69, 9.17) is 9.47 Å². The number of unbranched alkanes of at least 4 members (excludes halogenated alkanes) is 8. The molecule has 8 heteroatoms. The van der Waals surface area contributed by atoms with Crippen LogP contribution in [-0.4, -0.2) is 88.5 Å². The topological polar surface area (TPSA) is 131 Å². The van der Waals surface area contributed by atoms with Crippen molar-refractivity contribution in [1.29, 1.82) is 0 Å². The summed E-state index contributed by atoms with van der Waals surface area (Å²) < 4.78 is 10.1. The van der Waals surface area contributed by atoms with E-state index in [0.29, 0.717) is 6.42 Å². The van der Waals surface area contributed by atoms with Gasteiger partial charge in [0.15, 0.2) is 0 Å². The third-order valence-electron chi connectivity index (χ3n) is 4.47. The Bertz CT molecular complexity index is 348. The van der Waals surface area contributed by atoms with E-state index in [1.165, 1.54) is 38.5 Å². The summed E-state index contributed by atoms with van der Waals surface area (Å²) in [7, 11) is 0. The number of esters is 1. The minimum absolute atomic E-state index is 0. The Morgan fingerprint density at radius 2 is 1.62 bits per heavy atom. The summed E-state index contributed by atoms with van der Waals surface area (Å²) >= 11 is 0. The first-order valence-corrected chi connectivity index (χ1v) is 9.37. The van der Waals surface area contributed by atoms with Crippen molar-refractivity contribution in [2.24, 2.45) is 0 Å². The molecule has 1 rings (SSSR count). The normalized spacial score (nSPS) is 23.0. The van der Waals surface area contributed by atoms with Crippen LogP contribution in [0.3, 0.4) is 0 Å². The molecule has 0 aromatic carbocycles. The zero-order chi connectivity index (χ0) is 17.8. The van der Waals surface area contributed by atoms with Gasteiger partial charge >= 0.3 is 35.5 Å². The van der Waals surface area contributed by atoms with Gasteiger partial charge in [-0.1, -0.05) is 58.3 Å². The molecule has 0 aromatic heterocycles. The van der Waals surface area contributed by atoms with Crippen molar-refractivity contribution in [2.75, 3.05) is 13.2 Å². The summed E-state index contributed by atoms with van der Waals surface area (Å²) in [5, 5.41) is 28.8. The first kappa shape index (κ1) is 28.5. The predicted octanol–water partition coefficient (Wildman–Crippen LogP) is 1.45. The van der Waals surface area contributed by atoms with Gasteiger partial charge in [0.05, 0.1) is 6.61 Å². The van der Waals surface area contributed by atoms with E-state index >= 15 is 0 Å². The molecule has 6 N–H and O–H groups in total. The summed E-state index contributed by atoms with van der Waals surface area (Å²) in [6, 6.07) is 0. The zero-order valence-electron chi connectivity index (χ0n) is 15.6. The van der Waals surface area contributed by atoms with Crippen molar-refractivity contribution >= 4 is 35.5 Å². The van der Waals surface area contributed by atoms with Gasteiger partial charge in [-0.3, -0.25) is 4.79 Å². The number of hydrogen-bond acceptors (Lipinski definition) is 7. The van der Waals surface area contributed by atoms with Crippen molar-refractivity contribution in [3.63, 3.8) is 0 Å². The van der Waals surface area contributed by atoms with E-state index in [0.717, 1.165) is 19.3 Å². The molecule has 1 saturated heterocycles. The van der Waals surface area contributed by atoms with Crippen LogP contribution in [0.5, 0.6) is 0 Å². The molecule has 0 spiro atoms. The number of carbonyl (C=O) groups excluding carboxylic acids is 1. The van der Waals surface area contributed by atoms with E-state index < -0.39 is 24.4 Å². The number of aliphatic hydroxyl groups excluding tert-OH is 3. The quantitative estimate of drug-likeness (QED) is 0.214. The first-order valence-electron chi connectivity index (χ1n) is 9.37. The number of ether oxygens (including phenoxy) is 2. The van der Waals surface area contributed by atoms with Crippen LogP contribution in [0.1, 0.15) is 71.1 Å². The Labute approximate surface area is 179 Å². The fourth-order valence-electron chi connectivity index (χ4n) is 2.89. The molecule has 0 bridgehead atoms. The molecule has 1 fully saturated rings. The predicted molar refractivity (Wildman–Crippen MR) is 103 cm³/mol. The van der Waals surface area contributed by atoms with Gasteiger partial charge in [-0.25, -0.2) is 0 Å². The van der Waals surface area contributed by atoms with Gasteiger partial charge in [0.1, 0.15) is 31.0 Å². The summed E-state index contributed by atoms with van der Waals surface area (Å²) in [5.41, 5.74) is 0. The summed E-state index contributed by atoms with van der Waals surface area (Å²) in [4.78, 5) is 11.6. The molecule has 0 unspecified atom stereocenters. The minimum atomic E-state index is -1.14. The van der Waals surface area contributed by atoms with Gasteiger partial charge in [-0.2, -0.15) is 0 Å². The molecule has 1 aliphatic heterocycles. The molecule has 0 amide bonds. The van der Waals surface area contributed by atoms with Crippen LogP contribution in [0.4, 0.5) is 0 Å². The molecule has 26 heavy (non-hydrogen) atoms. The van der Waals surface area contributed by atoms with Gasteiger partial charge in [0.25, 0.3) is 0 Å².